The van der Waals surface area contributed by atoms with Crippen LogP contribution >= 0.6 is 0 Å². The molecule has 6 rings (SSSR count). The van der Waals surface area contributed by atoms with E-state index in [-0.39, 0.29) is 6.10 Å². The fourth-order valence-electron chi connectivity index (χ4n) is 6.63. The summed E-state index contributed by atoms with van der Waals surface area (Å²) in [5.41, 5.74) is 0.165. The first-order valence-corrected chi connectivity index (χ1v) is 13.1. The van der Waals surface area contributed by atoms with Gasteiger partial charge in [0.1, 0.15) is 24.0 Å². The molecule has 2 aromatic carbocycles. The van der Waals surface area contributed by atoms with Crippen LogP contribution in [0.5, 0.6) is 5.75 Å². The van der Waals surface area contributed by atoms with Crippen molar-refractivity contribution in [1.82, 2.24) is 0 Å². The van der Waals surface area contributed by atoms with Crippen molar-refractivity contribution in [2.24, 2.45) is 11.8 Å². The number of hydrogen-bond donors (Lipinski definition) is 1. The van der Waals surface area contributed by atoms with E-state index in [2.05, 4.69) is 12.1 Å². The monoisotopic (exact) mass is 450 g/mol. The minimum Gasteiger partial charge on any atom is -0.493 e. The van der Waals surface area contributed by atoms with Gasteiger partial charge < -0.3 is 19.1 Å². The van der Waals surface area contributed by atoms with Crippen LogP contribution in [-0.4, -0.2) is 55.1 Å². The lowest BCUT2D eigenvalue weighted by molar-refractivity contribution is -0.946. The first kappa shape index (κ1) is 22.9. The number of para-hydroxylation sites is 1. The van der Waals surface area contributed by atoms with Crippen LogP contribution in [0.4, 0.5) is 0 Å². The van der Waals surface area contributed by atoms with Crippen molar-refractivity contribution < 1.29 is 19.1 Å². The lowest BCUT2D eigenvalue weighted by atomic mass is 9.80. The third kappa shape index (κ3) is 5.13. The predicted octanol–water partition coefficient (Wildman–Crippen LogP) is 5.16. The first-order chi connectivity index (χ1) is 16.2. The zero-order valence-corrected chi connectivity index (χ0v) is 19.9. The van der Waals surface area contributed by atoms with E-state index in [9.17, 15) is 5.11 Å². The average Bonchev–Trinajstić information content (AvgIpc) is 3.43. The van der Waals surface area contributed by atoms with Crippen molar-refractivity contribution in [1.29, 1.82) is 0 Å². The standard InChI is InChI=1S/C29H40NO3/c31-29(26-12-7-8-13-26,25-10-3-1-4-11-25)23-33-28-22-30(19-16-24(28)17-20-30)18-9-21-32-27-14-5-2-6-15-27/h1-6,10-11,14-15,24,26,28,31H,7-9,12-13,16-23H2/q+1/t24?,28-,29?,30?/m0/s1. The van der Waals surface area contributed by atoms with Crippen LogP contribution in [0.15, 0.2) is 60.7 Å². The first-order valence-electron chi connectivity index (χ1n) is 13.1. The van der Waals surface area contributed by atoms with E-state index >= 15 is 0 Å². The molecule has 33 heavy (non-hydrogen) atoms. The molecule has 0 amide bonds. The molecule has 0 spiro atoms. The number of ether oxygens (including phenoxy) is 2. The van der Waals surface area contributed by atoms with E-state index in [0.717, 1.165) is 54.8 Å². The van der Waals surface area contributed by atoms with Crippen molar-refractivity contribution in [3.63, 3.8) is 0 Å². The van der Waals surface area contributed by atoms with Gasteiger partial charge in [-0.1, -0.05) is 61.4 Å². The number of quaternary nitrogens is 1. The topological polar surface area (TPSA) is 38.7 Å². The normalized spacial score (nSPS) is 29.1. The van der Waals surface area contributed by atoms with Gasteiger partial charge in [0.05, 0.1) is 32.8 Å². The second-order valence-electron chi connectivity index (χ2n) is 10.7. The molecule has 1 unspecified atom stereocenters. The Bertz CT molecular complexity index is 859. The van der Waals surface area contributed by atoms with Crippen molar-refractivity contribution in [2.45, 2.75) is 56.7 Å². The summed E-state index contributed by atoms with van der Waals surface area (Å²) in [6, 6.07) is 20.4. The van der Waals surface area contributed by atoms with Crippen LogP contribution in [0.3, 0.4) is 0 Å². The highest BCUT2D eigenvalue weighted by molar-refractivity contribution is 5.24. The number of rotatable bonds is 10. The van der Waals surface area contributed by atoms with Crippen LogP contribution in [0.25, 0.3) is 0 Å². The summed E-state index contributed by atoms with van der Waals surface area (Å²) in [5, 5.41) is 11.9. The number of benzene rings is 2. The summed E-state index contributed by atoms with van der Waals surface area (Å²) in [7, 11) is 0. The Hall–Kier alpha value is -1.88. The van der Waals surface area contributed by atoms with Crippen LogP contribution in [0.1, 0.15) is 50.5 Å². The molecular weight excluding hydrogens is 410 g/mol. The fraction of sp³-hybridized carbons (Fsp3) is 0.586. The summed E-state index contributed by atoms with van der Waals surface area (Å²) in [6.45, 7) is 5.98. The maximum Gasteiger partial charge on any atom is 0.119 e. The summed E-state index contributed by atoms with van der Waals surface area (Å²) >= 11 is 0. The van der Waals surface area contributed by atoms with Gasteiger partial charge in [-0.05, 0) is 36.5 Å². The molecule has 0 radical (unpaired) electrons. The van der Waals surface area contributed by atoms with Gasteiger partial charge in [0.2, 0.25) is 0 Å². The van der Waals surface area contributed by atoms with Crippen molar-refractivity contribution in [3.05, 3.63) is 66.2 Å². The molecule has 3 heterocycles. The van der Waals surface area contributed by atoms with Crippen LogP contribution in [0.2, 0.25) is 0 Å². The molecule has 3 aliphatic heterocycles. The number of nitrogens with zero attached hydrogens (tertiary/aromatic N) is 1. The van der Waals surface area contributed by atoms with Gasteiger partial charge in [-0.15, -0.1) is 0 Å². The largest absolute Gasteiger partial charge is 0.493 e. The van der Waals surface area contributed by atoms with E-state index in [0.29, 0.717) is 18.4 Å². The number of aliphatic hydroxyl groups is 1. The van der Waals surface area contributed by atoms with Gasteiger partial charge >= 0.3 is 0 Å². The minimum atomic E-state index is -0.863. The second kappa shape index (κ2) is 10.2. The highest BCUT2D eigenvalue weighted by Gasteiger charge is 2.48. The molecule has 178 valence electrons. The van der Waals surface area contributed by atoms with Crippen molar-refractivity contribution >= 4 is 0 Å². The molecule has 4 heteroatoms. The molecule has 2 aromatic rings. The smallest absolute Gasteiger partial charge is 0.119 e. The molecule has 2 atom stereocenters. The van der Waals surface area contributed by atoms with Gasteiger partial charge in [-0.2, -0.15) is 0 Å². The highest BCUT2D eigenvalue weighted by Crippen LogP contribution is 2.42. The van der Waals surface area contributed by atoms with E-state index in [4.69, 9.17) is 9.47 Å². The number of fused-ring (bicyclic) bond motifs is 3. The molecule has 1 N–H and O–H groups in total. The highest BCUT2D eigenvalue weighted by atomic mass is 16.5. The SMILES string of the molecule is OC(CO[C@H]1C[N+]2(CCCOc3ccccc3)CCC1CC2)(c1ccccc1)C1CCCC1. The van der Waals surface area contributed by atoms with Gasteiger partial charge in [0.15, 0.2) is 0 Å². The molecule has 2 bridgehead atoms. The predicted molar refractivity (Wildman–Crippen MR) is 131 cm³/mol. The second-order valence-corrected chi connectivity index (χ2v) is 10.7. The Balaban J connectivity index is 1.19. The van der Waals surface area contributed by atoms with E-state index in [1.807, 2.05) is 48.5 Å². The maximum atomic E-state index is 11.9. The fourth-order valence-corrected chi connectivity index (χ4v) is 6.63. The summed E-state index contributed by atoms with van der Waals surface area (Å²) in [5.74, 6) is 1.91. The van der Waals surface area contributed by atoms with Crippen LogP contribution in [0, 0.1) is 11.8 Å². The third-order valence-corrected chi connectivity index (χ3v) is 8.65. The molecule has 4 nitrogen and oxygen atoms in total. The zero-order valence-electron chi connectivity index (χ0n) is 19.9. The van der Waals surface area contributed by atoms with Crippen molar-refractivity contribution in [3.8, 4) is 5.75 Å². The summed E-state index contributed by atoms with van der Waals surface area (Å²) in [6.07, 6.45) is 8.47. The van der Waals surface area contributed by atoms with Crippen LogP contribution < -0.4 is 4.74 Å². The Labute approximate surface area is 199 Å². The van der Waals surface area contributed by atoms with E-state index in [1.165, 1.54) is 38.8 Å². The molecule has 4 aliphatic rings. The molecule has 1 aliphatic carbocycles. The van der Waals surface area contributed by atoms with Crippen LogP contribution in [-0.2, 0) is 10.3 Å². The van der Waals surface area contributed by atoms with Gasteiger partial charge in [-0.25, -0.2) is 0 Å². The molecule has 0 aromatic heterocycles. The minimum absolute atomic E-state index is 0.263. The molecular formula is C29H40NO3+. The van der Waals surface area contributed by atoms with Gasteiger partial charge in [-0.3, -0.25) is 0 Å². The lowest BCUT2D eigenvalue weighted by Gasteiger charge is -2.53. The maximum absolute atomic E-state index is 11.9. The van der Waals surface area contributed by atoms with Crippen molar-refractivity contribution in [2.75, 3.05) is 39.4 Å². The number of piperidine rings is 3. The molecule has 3 saturated heterocycles. The third-order valence-electron chi connectivity index (χ3n) is 8.65. The Morgan fingerprint density at radius 1 is 0.879 bits per heavy atom. The molecule has 4 fully saturated rings. The molecule has 1 saturated carbocycles. The Morgan fingerprint density at radius 2 is 1.55 bits per heavy atom. The van der Waals surface area contributed by atoms with E-state index < -0.39 is 5.60 Å². The quantitative estimate of drug-likeness (QED) is 0.401. The van der Waals surface area contributed by atoms with Gasteiger partial charge in [0.25, 0.3) is 0 Å². The van der Waals surface area contributed by atoms with Gasteiger partial charge in [0, 0.05) is 25.2 Å². The number of hydrogen-bond acceptors (Lipinski definition) is 3. The summed E-state index contributed by atoms with van der Waals surface area (Å²) in [4.78, 5) is 0. The summed E-state index contributed by atoms with van der Waals surface area (Å²) < 4.78 is 13.8. The Morgan fingerprint density at radius 3 is 2.24 bits per heavy atom. The Kier molecular flexibility index (Phi) is 7.05. The zero-order chi connectivity index (χ0) is 22.6. The average molecular weight is 451 g/mol. The van der Waals surface area contributed by atoms with E-state index in [1.54, 1.807) is 0 Å². The lowest BCUT2D eigenvalue weighted by Crippen LogP contribution is -2.65.